The Morgan fingerprint density at radius 1 is 1.40 bits per heavy atom. The van der Waals surface area contributed by atoms with Gasteiger partial charge in [0.05, 0.1) is 6.61 Å². The SMILES string of the molecule is c1cc(COCCC2CCNC2)ccn1. The number of nitrogens with zero attached hydrogens (tertiary/aromatic N) is 1. The van der Waals surface area contributed by atoms with Gasteiger partial charge in [0.25, 0.3) is 0 Å². The Bertz CT molecular complexity index is 270. The third-order valence-corrected chi connectivity index (χ3v) is 2.85. The zero-order valence-electron chi connectivity index (χ0n) is 8.98. The molecule has 0 spiro atoms. The fourth-order valence-corrected chi connectivity index (χ4v) is 1.88. The first-order chi connectivity index (χ1) is 7.45. The van der Waals surface area contributed by atoms with Gasteiger partial charge in [0.1, 0.15) is 0 Å². The minimum atomic E-state index is 0.711. The van der Waals surface area contributed by atoms with E-state index in [9.17, 15) is 0 Å². The molecule has 1 atom stereocenters. The highest BCUT2D eigenvalue weighted by Gasteiger charge is 2.13. The number of rotatable bonds is 5. The van der Waals surface area contributed by atoms with Crippen LogP contribution < -0.4 is 5.32 Å². The number of aromatic nitrogens is 1. The van der Waals surface area contributed by atoms with Crippen molar-refractivity contribution in [3.63, 3.8) is 0 Å². The molecule has 1 aromatic heterocycles. The average molecular weight is 206 g/mol. The van der Waals surface area contributed by atoms with E-state index in [1.165, 1.54) is 31.5 Å². The second-order valence-corrected chi connectivity index (χ2v) is 4.06. The second kappa shape index (κ2) is 5.83. The van der Waals surface area contributed by atoms with Crippen molar-refractivity contribution in [2.75, 3.05) is 19.7 Å². The topological polar surface area (TPSA) is 34.1 Å². The Labute approximate surface area is 90.9 Å². The summed E-state index contributed by atoms with van der Waals surface area (Å²) in [6.07, 6.45) is 6.09. The van der Waals surface area contributed by atoms with E-state index in [0.717, 1.165) is 12.5 Å². The molecule has 3 nitrogen and oxygen atoms in total. The molecule has 3 heteroatoms. The van der Waals surface area contributed by atoms with Crippen molar-refractivity contribution in [1.29, 1.82) is 0 Å². The summed E-state index contributed by atoms with van der Waals surface area (Å²) < 4.78 is 5.63. The van der Waals surface area contributed by atoms with Crippen molar-refractivity contribution in [3.05, 3.63) is 30.1 Å². The van der Waals surface area contributed by atoms with Gasteiger partial charge in [0, 0.05) is 19.0 Å². The van der Waals surface area contributed by atoms with Gasteiger partial charge >= 0.3 is 0 Å². The lowest BCUT2D eigenvalue weighted by molar-refractivity contribution is 0.109. The highest BCUT2D eigenvalue weighted by atomic mass is 16.5. The highest BCUT2D eigenvalue weighted by molar-refractivity contribution is 5.07. The Morgan fingerprint density at radius 3 is 3.00 bits per heavy atom. The van der Waals surface area contributed by atoms with Gasteiger partial charge < -0.3 is 10.1 Å². The predicted molar refractivity (Wildman–Crippen MR) is 59.5 cm³/mol. The summed E-state index contributed by atoms with van der Waals surface area (Å²) in [4.78, 5) is 3.97. The summed E-state index contributed by atoms with van der Waals surface area (Å²) >= 11 is 0. The van der Waals surface area contributed by atoms with E-state index in [0.29, 0.717) is 6.61 Å². The molecular weight excluding hydrogens is 188 g/mol. The lowest BCUT2D eigenvalue weighted by Crippen LogP contribution is -2.10. The Morgan fingerprint density at radius 2 is 2.27 bits per heavy atom. The predicted octanol–water partition coefficient (Wildman–Crippen LogP) is 1.60. The summed E-state index contributed by atoms with van der Waals surface area (Å²) in [5, 5.41) is 3.37. The van der Waals surface area contributed by atoms with E-state index >= 15 is 0 Å². The minimum absolute atomic E-state index is 0.711. The van der Waals surface area contributed by atoms with Crippen molar-refractivity contribution in [2.24, 2.45) is 5.92 Å². The molecular formula is C12H18N2O. The lowest BCUT2D eigenvalue weighted by Gasteiger charge is -2.08. The maximum absolute atomic E-state index is 5.63. The van der Waals surface area contributed by atoms with Crippen molar-refractivity contribution >= 4 is 0 Å². The first-order valence-corrected chi connectivity index (χ1v) is 5.62. The standard InChI is InChI=1S/C12H18N2O/c1-7-14-9-11(1)4-8-15-10-12-2-5-13-6-3-12/h2-3,5-6,11,14H,1,4,7-10H2. The van der Waals surface area contributed by atoms with Crippen LogP contribution in [0.1, 0.15) is 18.4 Å². The lowest BCUT2D eigenvalue weighted by atomic mass is 10.1. The molecule has 2 heterocycles. The molecule has 1 aromatic rings. The number of hydrogen-bond donors (Lipinski definition) is 1. The van der Waals surface area contributed by atoms with Crippen molar-refractivity contribution in [2.45, 2.75) is 19.4 Å². The van der Waals surface area contributed by atoms with Crippen LogP contribution in [0, 0.1) is 5.92 Å². The Kier molecular flexibility index (Phi) is 4.11. The summed E-state index contributed by atoms with van der Waals surface area (Å²) in [6.45, 7) is 3.92. The van der Waals surface area contributed by atoms with Crippen LogP contribution in [0.5, 0.6) is 0 Å². The fourth-order valence-electron chi connectivity index (χ4n) is 1.88. The van der Waals surface area contributed by atoms with Crippen LogP contribution in [0.4, 0.5) is 0 Å². The molecule has 0 amide bonds. The van der Waals surface area contributed by atoms with E-state index in [-0.39, 0.29) is 0 Å². The van der Waals surface area contributed by atoms with Gasteiger partial charge in [-0.2, -0.15) is 0 Å². The number of hydrogen-bond acceptors (Lipinski definition) is 3. The molecule has 0 aliphatic carbocycles. The number of pyridine rings is 1. The van der Waals surface area contributed by atoms with E-state index in [4.69, 9.17) is 4.74 Å². The van der Waals surface area contributed by atoms with Gasteiger partial charge in [-0.3, -0.25) is 4.98 Å². The van der Waals surface area contributed by atoms with Gasteiger partial charge in [0.15, 0.2) is 0 Å². The zero-order chi connectivity index (χ0) is 10.3. The van der Waals surface area contributed by atoms with Gasteiger partial charge in [-0.15, -0.1) is 0 Å². The van der Waals surface area contributed by atoms with Gasteiger partial charge in [-0.25, -0.2) is 0 Å². The van der Waals surface area contributed by atoms with Crippen LogP contribution in [-0.2, 0) is 11.3 Å². The van der Waals surface area contributed by atoms with Crippen molar-refractivity contribution < 1.29 is 4.74 Å². The molecule has 1 aliphatic heterocycles. The van der Waals surface area contributed by atoms with Gasteiger partial charge in [-0.1, -0.05) is 0 Å². The number of nitrogens with one attached hydrogen (secondary N) is 1. The van der Waals surface area contributed by atoms with E-state index in [2.05, 4.69) is 10.3 Å². The Hall–Kier alpha value is -0.930. The zero-order valence-corrected chi connectivity index (χ0v) is 8.98. The molecule has 15 heavy (non-hydrogen) atoms. The highest BCUT2D eigenvalue weighted by Crippen LogP contribution is 2.12. The van der Waals surface area contributed by atoms with Crippen LogP contribution >= 0.6 is 0 Å². The van der Waals surface area contributed by atoms with Gasteiger partial charge in [0.2, 0.25) is 0 Å². The van der Waals surface area contributed by atoms with Crippen LogP contribution in [0.25, 0.3) is 0 Å². The molecule has 1 fully saturated rings. The molecule has 2 rings (SSSR count). The third kappa shape index (κ3) is 3.61. The first kappa shape index (κ1) is 10.6. The van der Waals surface area contributed by atoms with Gasteiger partial charge in [-0.05, 0) is 49.5 Å². The molecule has 0 saturated carbocycles. The van der Waals surface area contributed by atoms with Crippen LogP contribution in [0.3, 0.4) is 0 Å². The van der Waals surface area contributed by atoms with Crippen LogP contribution in [0.15, 0.2) is 24.5 Å². The molecule has 0 bridgehead atoms. The summed E-state index contributed by atoms with van der Waals surface area (Å²) in [7, 11) is 0. The maximum atomic E-state index is 5.63. The van der Waals surface area contributed by atoms with Crippen LogP contribution in [-0.4, -0.2) is 24.7 Å². The first-order valence-electron chi connectivity index (χ1n) is 5.62. The normalized spacial score (nSPS) is 20.7. The number of ether oxygens (including phenoxy) is 1. The Balaban J connectivity index is 1.59. The fraction of sp³-hybridized carbons (Fsp3) is 0.583. The smallest absolute Gasteiger partial charge is 0.0717 e. The maximum Gasteiger partial charge on any atom is 0.0717 e. The molecule has 1 N–H and O–H groups in total. The molecule has 1 saturated heterocycles. The van der Waals surface area contributed by atoms with Crippen molar-refractivity contribution in [1.82, 2.24) is 10.3 Å². The monoisotopic (exact) mass is 206 g/mol. The van der Waals surface area contributed by atoms with E-state index in [1.54, 1.807) is 12.4 Å². The van der Waals surface area contributed by atoms with Crippen LogP contribution in [0.2, 0.25) is 0 Å². The third-order valence-electron chi connectivity index (χ3n) is 2.85. The molecule has 0 radical (unpaired) electrons. The quantitative estimate of drug-likeness (QED) is 0.743. The summed E-state index contributed by atoms with van der Waals surface area (Å²) in [5.74, 6) is 0.822. The molecule has 1 aliphatic rings. The van der Waals surface area contributed by atoms with Crippen molar-refractivity contribution in [3.8, 4) is 0 Å². The van der Waals surface area contributed by atoms with E-state index < -0.39 is 0 Å². The average Bonchev–Trinajstić information content (AvgIpc) is 2.79. The molecule has 1 unspecified atom stereocenters. The second-order valence-electron chi connectivity index (χ2n) is 4.06. The molecule has 82 valence electrons. The largest absolute Gasteiger partial charge is 0.377 e. The minimum Gasteiger partial charge on any atom is -0.377 e. The summed E-state index contributed by atoms with van der Waals surface area (Å²) in [6, 6.07) is 3.99. The van der Waals surface area contributed by atoms with E-state index in [1.807, 2.05) is 12.1 Å². The molecule has 0 aromatic carbocycles. The summed E-state index contributed by atoms with van der Waals surface area (Å²) in [5.41, 5.74) is 1.20.